The molecule has 25 heavy (non-hydrogen) atoms. The first-order valence-corrected chi connectivity index (χ1v) is 8.90. The molecule has 2 aromatic heterocycles. The van der Waals surface area contributed by atoms with E-state index in [1.807, 2.05) is 10.9 Å². The van der Waals surface area contributed by atoms with Crippen LogP contribution in [0.4, 0.5) is 5.82 Å². The van der Waals surface area contributed by atoms with Gasteiger partial charge in [0.1, 0.15) is 18.5 Å². The predicted octanol–water partition coefficient (Wildman–Crippen LogP) is 2.27. The van der Waals surface area contributed by atoms with Gasteiger partial charge in [-0.2, -0.15) is 5.10 Å². The number of benzene rings is 1. The monoisotopic (exact) mass is 335 g/mol. The van der Waals surface area contributed by atoms with Crippen LogP contribution in [0, 0.1) is 11.8 Å². The SMILES string of the molecule is O[C@@H]1C[C@H]2CN(c3nccc4ccccc34)C[C@H]2C[C@H]1n1cncn1. The molecule has 0 bridgehead atoms. The summed E-state index contributed by atoms with van der Waals surface area (Å²) in [5.74, 6) is 2.13. The van der Waals surface area contributed by atoms with Crippen LogP contribution < -0.4 is 4.90 Å². The zero-order valence-corrected chi connectivity index (χ0v) is 13.9. The lowest BCUT2D eigenvalue weighted by Crippen LogP contribution is -2.36. The molecule has 1 aromatic carbocycles. The quantitative estimate of drug-likeness (QED) is 0.778. The number of rotatable bonds is 2. The van der Waals surface area contributed by atoms with Gasteiger partial charge in [0.2, 0.25) is 0 Å². The molecule has 1 aliphatic heterocycles. The largest absolute Gasteiger partial charge is 0.391 e. The van der Waals surface area contributed by atoms with E-state index in [2.05, 4.69) is 50.3 Å². The average molecular weight is 335 g/mol. The molecule has 1 saturated heterocycles. The van der Waals surface area contributed by atoms with Crippen molar-refractivity contribution in [2.75, 3.05) is 18.0 Å². The second kappa shape index (κ2) is 5.81. The molecule has 2 fully saturated rings. The van der Waals surface area contributed by atoms with Crippen LogP contribution in [0.5, 0.6) is 0 Å². The molecule has 6 nitrogen and oxygen atoms in total. The lowest BCUT2D eigenvalue weighted by Gasteiger charge is -2.34. The van der Waals surface area contributed by atoms with Crippen LogP contribution in [0.3, 0.4) is 0 Å². The molecule has 1 aliphatic carbocycles. The number of aliphatic hydroxyl groups excluding tert-OH is 1. The van der Waals surface area contributed by atoms with Crippen molar-refractivity contribution >= 4 is 16.6 Å². The van der Waals surface area contributed by atoms with Gasteiger partial charge in [0.25, 0.3) is 0 Å². The minimum atomic E-state index is -0.358. The van der Waals surface area contributed by atoms with Gasteiger partial charge >= 0.3 is 0 Å². The van der Waals surface area contributed by atoms with Crippen LogP contribution in [-0.4, -0.2) is 44.0 Å². The van der Waals surface area contributed by atoms with Crippen LogP contribution in [0.15, 0.2) is 49.2 Å². The average Bonchev–Trinajstić information content (AvgIpc) is 3.29. The topological polar surface area (TPSA) is 67.1 Å². The summed E-state index contributed by atoms with van der Waals surface area (Å²) in [5, 5.41) is 17.3. The summed E-state index contributed by atoms with van der Waals surface area (Å²) >= 11 is 0. The fraction of sp³-hybridized carbons (Fsp3) is 0.421. The van der Waals surface area contributed by atoms with Crippen molar-refractivity contribution in [2.24, 2.45) is 11.8 Å². The van der Waals surface area contributed by atoms with Crippen LogP contribution in [0.1, 0.15) is 18.9 Å². The number of pyridine rings is 1. The van der Waals surface area contributed by atoms with E-state index in [1.54, 1.807) is 12.7 Å². The van der Waals surface area contributed by atoms with Gasteiger partial charge in [-0.05, 0) is 36.1 Å². The third-order valence-electron chi connectivity index (χ3n) is 5.84. The summed E-state index contributed by atoms with van der Waals surface area (Å²) < 4.78 is 1.82. The molecule has 0 amide bonds. The molecule has 128 valence electrons. The van der Waals surface area contributed by atoms with E-state index in [1.165, 1.54) is 10.8 Å². The number of aromatic nitrogens is 4. The van der Waals surface area contributed by atoms with Crippen molar-refractivity contribution in [1.29, 1.82) is 0 Å². The Kier molecular flexibility index (Phi) is 3.45. The molecular formula is C19H21N5O. The summed E-state index contributed by atoms with van der Waals surface area (Å²) in [4.78, 5) is 11.1. The van der Waals surface area contributed by atoms with Gasteiger partial charge < -0.3 is 10.0 Å². The number of hydrogen-bond donors (Lipinski definition) is 1. The number of anilines is 1. The number of aliphatic hydroxyl groups is 1. The number of fused-ring (bicyclic) bond motifs is 2. The summed E-state index contributed by atoms with van der Waals surface area (Å²) in [6.07, 6.45) is 6.55. The highest BCUT2D eigenvalue weighted by Crippen LogP contribution is 2.42. The Morgan fingerprint density at radius 2 is 1.88 bits per heavy atom. The van der Waals surface area contributed by atoms with Crippen molar-refractivity contribution in [2.45, 2.75) is 25.0 Å². The summed E-state index contributed by atoms with van der Waals surface area (Å²) in [6.45, 7) is 1.95. The minimum absolute atomic E-state index is 0.0316. The van der Waals surface area contributed by atoms with Crippen LogP contribution in [-0.2, 0) is 0 Å². The van der Waals surface area contributed by atoms with E-state index in [9.17, 15) is 5.11 Å². The van der Waals surface area contributed by atoms with Crippen LogP contribution in [0.2, 0.25) is 0 Å². The zero-order valence-electron chi connectivity index (χ0n) is 13.9. The third kappa shape index (κ3) is 2.48. The Morgan fingerprint density at radius 1 is 1.04 bits per heavy atom. The zero-order chi connectivity index (χ0) is 16.8. The Labute approximate surface area is 146 Å². The maximum absolute atomic E-state index is 10.6. The first-order valence-electron chi connectivity index (χ1n) is 8.90. The molecule has 1 saturated carbocycles. The van der Waals surface area contributed by atoms with Crippen molar-refractivity contribution in [3.05, 3.63) is 49.2 Å². The fourth-order valence-electron chi connectivity index (χ4n) is 4.61. The molecule has 3 heterocycles. The second-order valence-electron chi connectivity index (χ2n) is 7.26. The highest BCUT2D eigenvalue weighted by molar-refractivity contribution is 5.92. The van der Waals surface area contributed by atoms with E-state index in [4.69, 9.17) is 0 Å². The Balaban J connectivity index is 1.42. The van der Waals surface area contributed by atoms with E-state index >= 15 is 0 Å². The highest BCUT2D eigenvalue weighted by Gasteiger charge is 2.43. The molecule has 5 rings (SSSR count). The van der Waals surface area contributed by atoms with E-state index in [-0.39, 0.29) is 12.1 Å². The molecule has 0 unspecified atom stereocenters. The summed E-state index contributed by atoms with van der Waals surface area (Å²) in [7, 11) is 0. The Hall–Kier alpha value is -2.47. The first-order chi connectivity index (χ1) is 12.3. The van der Waals surface area contributed by atoms with Gasteiger partial charge in [-0.15, -0.1) is 0 Å². The maximum atomic E-state index is 10.6. The Morgan fingerprint density at radius 3 is 2.72 bits per heavy atom. The first kappa shape index (κ1) is 14.8. The summed E-state index contributed by atoms with van der Waals surface area (Å²) in [5.41, 5.74) is 0. The van der Waals surface area contributed by atoms with Crippen molar-refractivity contribution in [1.82, 2.24) is 19.7 Å². The van der Waals surface area contributed by atoms with Crippen LogP contribution in [0.25, 0.3) is 10.8 Å². The van der Waals surface area contributed by atoms with Gasteiger partial charge in [-0.25, -0.2) is 14.6 Å². The molecule has 3 aromatic rings. The predicted molar refractivity (Wildman–Crippen MR) is 95.2 cm³/mol. The molecule has 6 heteroatoms. The van der Waals surface area contributed by atoms with Crippen molar-refractivity contribution in [3.8, 4) is 0 Å². The van der Waals surface area contributed by atoms with Crippen molar-refractivity contribution < 1.29 is 5.11 Å². The van der Waals surface area contributed by atoms with E-state index in [0.29, 0.717) is 11.8 Å². The van der Waals surface area contributed by atoms with E-state index in [0.717, 1.165) is 31.7 Å². The molecular weight excluding hydrogens is 314 g/mol. The van der Waals surface area contributed by atoms with Gasteiger partial charge in [0, 0.05) is 24.7 Å². The molecule has 4 atom stereocenters. The third-order valence-corrected chi connectivity index (χ3v) is 5.84. The lowest BCUT2D eigenvalue weighted by atomic mass is 9.77. The van der Waals surface area contributed by atoms with Gasteiger partial charge in [-0.3, -0.25) is 0 Å². The van der Waals surface area contributed by atoms with E-state index < -0.39 is 0 Å². The number of nitrogens with zero attached hydrogens (tertiary/aromatic N) is 5. The van der Waals surface area contributed by atoms with Gasteiger partial charge in [-0.1, -0.05) is 24.3 Å². The standard InChI is InChI=1S/C19H21N5O/c25-18-8-15-10-23(9-14(15)7-17(18)24-12-20-11-22-24)19-16-4-2-1-3-13(16)5-6-21-19/h1-6,11-12,14-15,17-18,25H,7-10H2/t14-,15+,17-,18-/m1/s1. The second-order valence-corrected chi connectivity index (χ2v) is 7.26. The van der Waals surface area contributed by atoms with Crippen LogP contribution >= 0.6 is 0 Å². The van der Waals surface area contributed by atoms with Gasteiger partial charge in [0.15, 0.2) is 0 Å². The van der Waals surface area contributed by atoms with Gasteiger partial charge in [0.05, 0.1) is 12.1 Å². The summed E-state index contributed by atoms with van der Waals surface area (Å²) in [6, 6.07) is 10.5. The highest BCUT2D eigenvalue weighted by atomic mass is 16.3. The lowest BCUT2D eigenvalue weighted by molar-refractivity contribution is 0.0305. The molecule has 1 N–H and O–H groups in total. The minimum Gasteiger partial charge on any atom is -0.391 e. The molecule has 0 spiro atoms. The Bertz CT molecular complexity index is 875. The molecule has 2 aliphatic rings. The fourth-order valence-corrected chi connectivity index (χ4v) is 4.61. The maximum Gasteiger partial charge on any atom is 0.137 e. The number of hydrogen-bond acceptors (Lipinski definition) is 5. The normalized spacial score (nSPS) is 29.1. The smallest absolute Gasteiger partial charge is 0.137 e. The van der Waals surface area contributed by atoms with Crippen molar-refractivity contribution in [3.63, 3.8) is 0 Å². The molecule has 0 radical (unpaired) electrons.